The predicted molar refractivity (Wildman–Crippen MR) is 94.2 cm³/mol. The molecule has 1 aliphatic rings. The molecular formula is C15H21Br2NO2S. The van der Waals surface area contributed by atoms with Crippen LogP contribution in [0.5, 0.6) is 0 Å². The largest absolute Gasteiger partial charge is 0.313 e. The van der Waals surface area contributed by atoms with E-state index >= 15 is 0 Å². The molecule has 0 heterocycles. The average molecular weight is 439 g/mol. The van der Waals surface area contributed by atoms with Crippen LogP contribution in [-0.4, -0.2) is 27.0 Å². The van der Waals surface area contributed by atoms with Gasteiger partial charge in [-0.1, -0.05) is 38.3 Å². The zero-order chi connectivity index (χ0) is 15.6. The van der Waals surface area contributed by atoms with Crippen molar-refractivity contribution >= 4 is 41.7 Å². The van der Waals surface area contributed by atoms with Crippen molar-refractivity contribution in [3.8, 4) is 0 Å². The van der Waals surface area contributed by atoms with Gasteiger partial charge in [0.25, 0.3) is 0 Å². The Balaban J connectivity index is 2.27. The lowest BCUT2D eigenvalue weighted by atomic mass is 9.81. The molecular weight excluding hydrogens is 418 g/mol. The van der Waals surface area contributed by atoms with Crippen LogP contribution in [0.4, 0.5) is 0 Å². The fourth-order valence-corrected chi connectivity index (χ4v) is 5.33. The van der Waals surface area contributed by atoms with Gasteiger partial charge in [-0.3, -0.25) is 0 Å². The number of rotatable bonds is 4. The van der Waals surface area contributed by atoms with Gasteiger partial charge in [0.15, 0.2) is 0 Å². The van der Waals surface area contributed by atoms with Gasteiger partial charge in [-0.2, -0.15) is 0 Å². The lowest BCUT2D eigenvalue weighted by Crippen LogP contribution is -2.34. The average Bonchev–Trinajstić information content (AvgIpc) is 2.43. The van der Waals surface area contributed by atoms with Crippen molar-refractivity contribution in [2.24, 2.45) is 5.92 Å². The third-order valence-electron chi connectivity index (χ3n) is 4.35. The van der Waals surface area contributed by atoms with E-state index in [1.165, 1.54) is 11.8 Å². The fraction of sp³-hybridized carbons (Fsp3) is 0.600. The van der Waals surface area contributed by atoms with Crippen molar-refractivity contribution in [2.75, 3.05) is 13.3 Å². The second kappa shape index (κ2) is 7.11. The van der Waals surface area contributed by atoms with Crippen molar-refractivity contribution in [1.82, 2.24) is 5.32 Å². The number of hydrogen-bond acceptors (Lipinski definition) is 3. The number of sulfone groups is 1. The first kappa shape index (κ1) is 17.4. The zero-order valence-corrected chi connectivity index (χ0v) is 16.3. The second-order valence-electron chi connectivity index (χ2n) is 5.81. The topological polar surface area (TPSA) is 46.2 Å². The summed E-state index contributed by atoms with van der Waals surface area (Å²) in [7, 11) is -1.00. The highest BCUT2D eigenvalue weighted by Gasteiger charge is 2.33. The van der Waals surface area contributed by atoms with Crippen LogP contribution in [0, 0.1) is 5.92 Å². The first-order valence-corrected chi connectivity index (χ1v) is 10.7. The van der Waals surface area contributed by atoms with Crippen molar-refractivity contribution in [1.29, 1.82) is 0 Å². The highest BCUT2D eigenvalue weighted by Crippen LogP contribution is 2.39. The van der Waals surface area contributed by atoms with Crippen molar-refractivity contribution in [3.05, 3.63) is 32.7 Å². The third kappa shape index (κ3) is 4.30. The van der Waals surface area contributed by atoms with Crippen molar-refractivity contribution < 1.29 is 8.42 Å². The van der Waals surface area contributed by atoms with Gasteiger partial charge >= 0.3 is 0 Å². The van der Waals surface area contributed by atoms with E-state index in [-0.39, 0.29) is 11.3 Å². The standard InChI is InChI=1S/C15H21Br2NO2S/c1-18-15(13-9-11(16)6-7-14(13)17)10-4-3-5-12(8-10)21(2,19)20/h6-7,9-10,12,15,18H,3-5,8H2,1-2H3. The summed E-state index contributed by atoms with van der Waals surface area (Å²) in [4.78, 5) is 0. The lowest BCUT2D eigenvalue weighted by molar-refractivity contribution is 0.282. The Hall–Kier alpha value is 0.0900. The molecule has 3 nitrogen and oxygen atoms in total. The molecule has 21 heavy (non-hydrogen) atoms. The molecule has 0 bridgehead atoms. The Kier molecular flexibility index (Phi) is 5.91. The number of halogens is 2. The minimum Gasteiger partial charge on any atom is -0.313 e. The van der Waals surface area contributed by atoms with Crippen molar-refractivity contribution in [3.63, 3.8) is 0 Å². The van der Waals surface area contributed by atoms with E-state index in [2.05, 4.69) is 43.2 Å². The fourth-order valence-electron chi connectivity index (χ4n) is 3.27. The van der Waals surface area contributed by atoms with Gasteiger partial charge in [0, 0.05) is 21.2 Å². The SMILES string of the molecule is CNC(c1cc(Br)ccc1Br)C1CCCC(S(C)(=O)=O)C1. The zero-order valence-electron chi connectivity index (χ0n) is 12.3. The Morgan fingerprint density at radius 1 is 1.29 bits per heavy atom. The van der Waals surface area contributed by atoms with Gasteiger partial charge in [0.1, 0.15) is 9.84 Å². The molecule has 1 fully saturated rings. The van der Waals surface area contributed by atoms with E-state index in [1.54, 1.807) is 0 Å². The summed E-state index contributed by atoms with van der Waals surface area (Å²) in [5.41, 5.74) is 1.19. The van der Waals surface area contributed by atoms with Gasteiger partial charge in [0.2, 0.25) is 0 Å². The molecule has 1 aromatic rings. The summed E-state index contributed by atoms with van der Waals surface area (Å²) in [6, 6.07) is 6.30. The first-order chi connectivity index (χ1) is 9.82. The van der Waals surface area contributed by atoms with Crippen LogP contribution in [0.25, 0.3) is 0 Å². The van der Waals surface area contributed by atoms with Crippen LogP contribution in [0.15, 0.2) is 27.1 Å². The Morgan fingerprint density at radius 2 is 2.00 bits per heavy atom. The Labute approximate surface area is 144 Å². The number of nitrogens with one attached hydrogen (secondary N) is 1. The molecule has 1 aliphatic carbocycles. The second-order valence-corrected chi connectivity index (χ2v) is 9.91. The first-order valence-electron chi connectivity index (χ1n) is 7.14. The molecule has 1 saturated carbocycles. The van der Waals surface area contributed by atoms with E-state index in [9.17, 15) is 8.42 Å². The van der Waals surface area contributed by atoms with E-state index in [1.807, 2.05) is 19.2 Å². The van der Waals surface area contributed by atoms with E-state index in [0.29, 0.717) is 5.92 Å². The summed E-state index contributed by atoms with van der Waals surface area (Å²) in [6.45, 7) is 0. The quantitative estimate of drug-likeness (QED) is 0.770. The molecule has 0 aromatic heterocycles. The molecule has 0 radical (unpaired) electrons. The summed E-state index contributed by atoms with van der Waals surface area (Å²) in [6.07, 6.45) is 4.95. The molecule has 6 heteroatoms. The van der Waals surface area contributed by atoms with Crippen LogP contribution < -0.4 is 5.32 Å². The maximum absolute atomic E-state index is 11.9. The molecule has 1 N–H and O–H groups in total. The van der Waals surface area contributed by atoms with Crippen molar-refractivity contribution in [2.45, 2.75) is 37.0 Å². The van der Waals surface area contributed by atoms with Crippen LogP contribution >= 0.6 is 31.9 Å². The number of hydrogen-bond donors (Lipinski definition) is 1. The van der Waals surface area contributed by atoms with Crippen LogP contribution in [0.1, 0.15) is 37.3 Å². The molecule has 118 valence electrons. The molecule has 3 unspecified atom stereocenters. The monoisotopic (exact) mass is 437 g/mol. The van der Waals surface area contributed by atoms with Gasteiger partial charge < -0.3 is 5.32 Å². The van der Waals surface area contributed by atoms with Crippen LogP contribution in [-0.2, 0) is 9.84 Å². The molecule has 0 spiro atoms. The molecule has 0 amide bonds. The third-order valence-corrected chi connectivity index (χ3v) is 7.20. The Morgan fingerprint density at radius 3 is 2.62 bits per heavy atom. The molecule has 3 atom stereocenters. The summed E-state index contributed by atoms with van der Waals surface area (Å²) >= 11 is 7.13. The highest BCUT2D eigenvalue weighted by molar-refractivity contribution is 9.11. The highest BCUT2D eigenvalue weighted by atomic mass is 79.9. The molecule has 1 aromatic carbocycles. The van der Waals surface area contributed by atoms with E-state index in [0.717, 1.165) is 34.6 Å². The van der Waals surface area contributed by atoms with Gasteiger partial charge in [-0.15, -0.1) is 0 Å². The summed E-state index contributed by atoms with van der Waals surface area (Å²) < 4.78 is 25.8. The van der Waals surface area contributed by atoms with Crippen LogP contribution in [0.2, 0.25) is 0 Å². The number of benzene rings is 1. The minimum absolute atomic E-state index is 0.168. The summed E-state index contributed by atoms with van der Waals surface area (Å²) in [5, 5.41) is 3.19. The lowest BCUT2D eigenvalue weighted by Gasteiger charge is -2.34. The maximum atomic E-state index is 11.9. The predicted octanol–water partition coefficient (Wildman–Crippen LogP) is 4.08. The van der Waals surface area contributed by atoms with Gasteiger partial charge in [-0.05, 0) is 56.0 Å². The molecule has 0 aliphatic heterocycles. The van der Waals surface area contributed by atoms with E-state index < -0.39 is 9.84 Å². The summed E-state index contributed by atoms with van der Waals surface area (Å²) in [5.74, 6) is 0.342. The maximum Gasteiger partial charge on any atom is 0.150 e. The molecule has 0 saturated heterocycles. The minimum atomic E-state index is -2.95. The normalized spacial score (nSPS) is 24.8. The van der Waals surface area contributed by atoms with E-state index in [4.69, 9.17) is 0 Å². The van der Waals surface area contributed by atoms with Gasteiger partial charge in [0.05, 0.1) is 5.25 Å². The smallest absolute Gasteiger partial charge is 0.150 e. The molecule has 2 rings (SSSR count). The van der Waals surface area contributed by atoms with Gasteiger partial charge in [-0.25, -0.2) is 8.42 Å². The van der Waals surface area contributed by atoms with Crippen LogP contribution in [0.3, 0.4) is 0 Å². The Bertz CT molecular complexity index is 604.